The molecule has 0 aromatic rings. The molecule has 1 amide bonds. The molecule has 0 bridgehead atoms. The van der Waals surface area contributed by atoms with Gasteiger partial charge in [0.15, 0.2) is 0 Å². The molecular formula is C13H20N2O3S. The Morgan fingerprint density at radius 1 is 1.37 bits per heavy atom. The first-order chi connectivity index (χ1) is 9.06. The van der Waals surface area contributed by atoms with Gasteiger partial charge in [-0.15, -0.1) is 0 Å². The van der Waals surface area contributed by atoms with E-state index in [0.29, 0.717) is 17.0 Å². The monoisotopic (exact) mass is 284 g/mol. The number of carbonyl (C=O) groups excluding carboxylic acids is 1. The van der Waals surface area contributed by atoms with Gasteiger partial charge in [-0.25, -0.2) is 4.79 Å². The van der Waals surface area contributed by atoms with Gasteiger partial charge in [-0.1, -0.05) is 25.1 Å². The van der Waals surface area contributed by atoms with E-state index >= 15 is 0 Å². The molecule has 0 aromatic heterocycles. The summed E-state index contributed by atoms with van der Waals surface area (Å²) in [5, 5.41) is 9.58. The van der Waals surface area contributed by atoms with E-state index in [9.17, 15) is 14.7 Å². The van der Waals surface area contributed by atoms with Gasteiger partial charge in [0, 0.05) is 7.05 Å². The summed E-state index contributed by atoms with van der Waals surface area (Å²) in [7, 11) is 1.67. The van der Waals surface area contributed by atoms with Gasteiger partial charge in [-0.05, 0) is 32.4 Å². The van der Waals surface area contributed by atoms with Crippen LogP contribution in [0.1, 0.15) is 32.6 Å². The van der Waals surface area contributed by atoms with Crippen LogP contribution >= 0.6 is 11.8 Å². The first-order valence-corrected chi connectivity index (χ1v) is 7.59. The minimum absolute atomic E-state index is 0.00843. The minimum Gasteiger partial charge on any atom is -0.478 e. The van der Waals surface area contributed by atoms with Crippen molar-refractivity contribution in [1.29, 1.82) is 0 Å². The van der Waals surface area contributed by atoms with Gasteiger partial charge in [-0.3, -0.25) is 9.69 Å². The fourth-order valence-electron chi connectivity index (χ4n) is 2.55. The Morgan fingerprint density at radius 2 is 2.00 bits per heavy atom. The quantitative estimate of drug-likeness (QED) is 0.799. The molecule has 2 saturated heterocycles. The highest BCUT2D eigenvalue weighted by molar-refractivity contribution is 8.04. The summed E-state index contributed by atoms with van der Waals surface area (Å²) >= 11 is 1.40. The van der Waals surface area contributed by atoms with Crippen molar-refractivity contribution >= 4 is 23.6 Å². The number of carboxylic acid groups (broad SMARTS) is 1. The Hall–Kier alpha value is -1.01. The van der Waals surface area contributed by atoms with E-state index in [1.165, 1.54) is 23.1 Å². The number of carbonyl (C=O) groups is 2. The Balaban J connectivity index is 2.22. The van der Waals surface area contributed by atoms with Gasteiger partial charge in [-0.2, -0.15) is 0 Å². The standard InChI is InChI=1S/C13H20N2O3S/c1-3-9(13(17)18)11-14(2)10(16)12(19-11)15-7-5-4-6-8-15/h12H,3-8H2,1-2H3,(H,17,18). The number of thioether (sulfide) groups is 1. The van der Waals surface area contributed by atoms with E-state index in [1.54, 1.807) is 7.05 Å². The third kappa shape index (κ3) is 2.79. The average molecular weight is 284 g/mol. The molecule has 2 heterocycles. The van der Waals surface area contributed by atoms with Crippen molar-refractivity contribution in [3.63, 3.8) is 0 Å². The highest BCUT2D eigenvalue weighted by Gasteiger charge is 2.40. The summed E-state index contributed by atoms with van der Waals surface area (Å²) < 4.78 is 0. The molecule has 0 saturated carbocycles. The Bertz CT molecular complexity index is 416. The number of likely N-dealkylation sites (N-methyl/N-ethyl adjacent to an activating group) is 1. The first-order valence-electron chi connectivity index (χ1n) is 6.71. The van der Waals surface area contributed by atoms with E-state index < -0.39 is 5.97 Å². The van der Waals surface area contributed by atoms with Crippen molar-refractivity contribution < 1.29 is 14.7 Å². The van der Waals surface area contributed by atoms with Gasteiger partial charge < -0.3 is 10.0 Å². The second-order valence-corrected chi connectivity index (χ2v) is 5.98. The zero-order valence-electron chi connectivity index (χ0n) is 11.4. The molecule has 2 aliphatic rings. The van der Waals surface area contributed by atoms with Crippen molar-refractivity contribution in [3.8, 4) is 0 Å². The van der Waals surface area contributed by atoms with E-state index in [4.69, 9.17) is 0 Å². The summed E-state index contributed by atoms with van der Waals surface area (Å²) in [6.07, 6.45) is 3.89. The molecule has 2 rings (SSSR count). The van der Waals surface area contributed by atoms with Gasteiger partial charge in [0.25, 0.3) is 5.91 Å². The van der Waals surface area contributed by atoms with Crippen LogP contribution in [0.4, 0.5) is 0 Å². The lowest BCUT2D eigenvalue weighted by molar-refractivity contribution is -0.132. The molecule has 5 nitrogen and oxygen atoms in total. The third-order valence-corrected chi connectivity index (χ3v) is 5.13. The lowest BCUT2D eigenvalue weighted by atomic mass is 10.1. The van der Waals surface area contributed by atoms with Crippen LogP contribution in [0.25, 0.3) is 0 Å². The zero-order chi connectivity index (χ0) is 14.0. The van der Waals surface area contributed by atoms with Gasteiger partial charge in [0.1, 0.15) is 5.37 Å². The number of rotatable bonds is 3. The second kappa shape index (κ2) is 5.96. The van der Waals surface area contributed by atoms with Gasteiger partial charge in [0.05, 0.1) is 10.6 Å². The molecule has 0 spiro atoms. The Labute approximate surface area is 117 Å². The maximum Gasteiger partial charge on any atom is 0.334 e. The van der Waals surface area contributed by atoms with Crippen molar-refractivity contribution in [1.82, 2.24) is 9.80 Å². The van der Waals surface area contributed by atoms with Crippen LogP contribution in [-0.4, -0.2) is 52.3 Å². The van der Waals surface area contributed by atoms with Crippen LogP contribution in [-0.2, 0) is 9.59 Å². The number of amides is 1. The maximum absolute atomic E-state index is 12.3. The van der Waals surface area contributed by atoms with Crippen molar-refractivity contribution in [2.45, 2.75) is 38.0 Å². The van der Waals surface area contributed by atoms with Crippen molar-refractivity contribution in [3.05, 3.63) is 10.6 Å². The largest absolute Gasteiger partial charge is 0.478 e. The summed E-state index contributed by atoms with van der Waals surface area (Å²) in [5.74, 6) is -0.918. The molecule has 1 atom stereocenters. The predicted molar refractivity (Wildman–Crippen MR) is 74.5 cm³/mol. The molecule has 2 aliphatic heterocycles. The first kappa shape index (κ1) is 14.4. The number of aliphatic carboxylic acids is 1. The molecule has 1 N–H and O–H groups in total. The van der Waals surface area contributed by atoms with Gasteiger partial charge >= 0.3 is 5.97 Å². The number of likely N-dealkylation sites (tertiary alicyclic amines) is 1. The molecule has 0 aromatic carbocycles. The molecule has 106 valence electrons. The molecule has 6 heteroatoms. The highest BCUT2D eigenvalue weighted by atomic mass is 32.2. The molecule has 0 radical (unpaired) electrons. The maximum atomic E-state index is 12.3. The molecule has 2 fully saturated rings. The predicted octanol–water partition coefficient (Wildman–Crippen LogP) is 1.71. The summed E-state index contributed by atoms with van der Waals surface area (Å²) in [6.45, 7) is 3.67. The summed E-state index contributed by atoms with van der Waals surface area (Å²) in [5.41, 5.74) is 0.334. The second-order valence-electron chi connectivity index (χ2n) is 4.91. The smallest absolute Gasteiger partial charge is 0.334 e. The number of piperidine rings is 1. The van der Waals surface area contributed by atoms with Crippen molar-refractivity contribution in [2.75, 3.05) is 20.1 Å². The Kier molecular flexibility index (Phi) is 4.52. The van der Waals surface area contributed by atoms with Crippen LogP contribution in [0.5, 0.6) is 0 Å². The topological polar surface area (TPSA) is 60.9 Å². The SMILES string of the molecule is CCC(C(=O)O)=C1SC(N2CCCCC2)C(=O)N1C. The number of hydrogen-bond donors (Lipinski definition) is 1. The molecule has 19 heavy (non-hydrogen) atoms. The van der Waals surface area contributed by atoms with Crippen LogP contribution in [0, 0.1) is 0 Å². The number of hydrogen-bond acceptors (Lipinski definition) is 4. The molecule has 0 aliphatic carbocycles. The normalized spacial score (nSPS) is 27.8. The number of nitrogens with zero attached hydrogens (tertiary/aromatic N) is 2. The number of carboxylic acids is 1. The lowest BCUT2D eigenvalue weighted by Crippen LogP contribution is -2.42. The lowest BCUT2D eigenvalue weighted by Gasteiger charge is -2.29. The summed E-state index contributed by atoms with van der Waals surface area (Å²) in [6, 6.07) is 0. The van der Waals surface area contributed by atoms with Crippen LogP contribution in [0.15, 0.2) is 10.6 Å². The van der Waals surface area contributed by atoms with Gasteiger partial charge in [0.2, 0.25) is 0 Å². The summed E-state index contributed by atoms with van der Waals surface area (Å²) in [4.78, 5) is 27.2. The van der Waals surface area contributed by atoms with Crippen LogP contribution in [0.3, 0.4) is 0 Å². The van der Waals surface area contributed by atoms with E-state index in [1.807, 2.05) is 6.92 Å². The van der Waals surface area contributed by atoms with E-state index in [0.717, 1.165) is 25.9 Å². The van der Waals surface area contributed by atoms with E-state index in [-0.39, 0.29) is 11.3 Å². The van der Waals surface area contributed by atoms with E-state index in [2.05, 4.69) is 4.90 Å². The van der Waals surface area contributed by atoms with Crippen LogP contribution in [0.2, 0.25) is 0 Å². The zero-order valence-corrected chi connectivity index (χ0v) is 12.2. The Morgan fingerprint density at radius 3 is 2.53 bits per heavy atom. The van der Waals surface area contributed by atoms with Crippen LogP contribution < -0.4 is 0 Å². The highest BCUT2D eigenvalue weighted by Crippen LogP contribution is 2.39. The average Bonchev–Trinajstić information content (AvgIpc) is 2.69. The third-order valence-electron chi connectivity index (χ3n) is 3.66. The fourth-order valence-corrected chi connectivity index (χ4v) is 4.00. The fraction of sp³-hybridized carbons (Fsp3) is 0.692. The molecular weight excluding hydrogens is 264 g/mol. The molecule has 1 unspecified atom stereocenters. The van der Waals surface area contributed by atoms with Crippen molar-refractivity contribution in [2.24, 2.45) is 0 Å². The minimum atomic E-state index is -0.927.